The Labute approximate surface area is 96.5 Å². The van der Waals surface area contributed by atoms with Gasteiger partial charge < -0.3 is 5.11 Å². The van der Waals surface area contributed by atoms with Crippen molar-refractivity contribution in [2.75, 3.05) is 0 Å². The molecule has 1 aromatic heterocycles. The summed E-state index contributed by atoms with van der Waals surface area (Å²) in [4.78, 5) is 10.8. The van der Waals surface area contributed by atoms with Crippen LogP contribution in [0.1, 0.15) is 10.4 Å². The van der Waals surface area contributed by atoms with E-state index in [1.807, 2.05) is 0 Å². The normalized spacial score (nSPS) is 10.7. The Kier molecular flexibility index (Phi) is 2.44. The van der Waals surface area contributed by atoms with Gasteiger partial charge in [-0.05, 0) is 45.5 Å². The molecule has 14 heavy (non-hydrogen) atoms. The molecule has 0 aliphatic rings. The summed E-state index contributed by atoms with van der Waals surface area (Å²) in [7, 11) is 0. The highest BCUT2D eigenvalue weighted by atomic mass is 127. The summed E-state index contributed by atoms with van der Waals surface area (Å²) in [6, 6.07) is 3.43. The van der Waals surface area contributed by atoms with Gasteiger partial charge in [-0.3, -0.25) is 0 Å². The maximum atomic E-state index is 13.5. The van der Waals surface area contributed by atoms with Crippen molar-refractivity contribution in [1.29, 1.82) is 0 Å². The summed E-state index contributed by atoms with van der Waals surface area (Å²) in [5, 5.41) is 11.4. The average molecular weight is 322 g/mol. The van der Waals surface area contributed by atoms with Crippen LogP contribution in [-0.4, -0.2) is 11.1 Å². The van der Waals surface area contributed by atoms with E-state index in [0.717, 1.165) is 5.39 Å². The monoisotopic (exact) mass is 322 g/mol. The van der Waals surface area contributed by atoms with Crippen molar-refractivity contribution in [2.24, 2.45) is 0 Å². The number of halogens is 2. The summed E-state index contributed by atoms with van der Waals surface area (Å²) in [6.45, 7) is 0. The van der Waals surface area contributed by atoms with Gasteiger partial charge >= 0.3 is 5.97 Å². The van der Waals surface area contributed by atoms with Gasteiger partial charge in [-0.25, -0.2) is 9.18 Å². The summed E-state index contributed by atoms with van der Waals surface area (Å²) < 4.78 is 14.3. The Morgan fingerprint density at radius 3 is 2.93 bits per heavy atom. The van der Waals surface area contributed by atoms with Crippen molar-refractivity contribution in [1.82, 2.24) is 0 Å². The second-order valence-electron chi connectivity index (χ2n) is 2.69. The fraction of sp³-hybridized carbons (Fsp3) is 0. The fourth-order valence-electron chi connectivity index (χ4n) is 1.25. The van der Waals surface area contributed by atoms with Crippen molar-refractivity contribution in [2.45, 2.75) is 0 Å². The van der Waals surface area contributed by atoms with E-state index in [1.165, 1.54) is 11.3 Å². The van der Waals surface area contributed by atoms with Crippen LogP contribution in [0.15, 0.2) is 17.5 Å². The summed E-state index contributed by atoms with van der Waals surface area (Å²) >= 11 is 3.04. The molecule has 0 aliphatic heterocycles. The van der Waals surface area contributed by atoms with Crippen LogP contribution in [0.2, 0.25) is 0 Å². The van der Waals surface area contributed by atoms with Crippen LogP contribution in [0.3, 0.4) is 0 Å². The van der Waals surface area contributed by atoms with Gasteiger partial charge in [0.1, 0.15) is 5.56 Å². The molecule has 0 aliphatic carbocycles. The Hall–Kier alpha value is -0.690. The molecule has 0 saturated heterocycles. The van der Waals surface area contributed by atoms with Crippen LogP contribution in [0.25, 0.3) is 10.1 Å². The SMILES string of the molecule is O=C(O)c1c(F)c(I)cc2ccsc12. The number of hydrogen-bond acceptors (Lipinski definition) is 2. The zero-order chi connectivity index (χ0) is 10.3. The Balaban J connectivity index is 2.93. The molecule has 1 heterocycles. The first-order valence-corrected chi connectivity index (χ1v) is 5.65. The van der Waals surface area contributed by atoms with Crippen LogP contribution in [0.4, 0.5) is 4.39 Å². The van der Waals surface area contributed by atoms with Crippen molar-refractivity contribution in [3.63, 3.8) is 0 Å². The molecule has 72 valence electrons. The van der Waals surface area contributed by atoms with Crippen LogP contribution in [-0.2, 0) is 0 Å². The summed E-state index contributed by atoms with van der Waals surface area (Å²) in [5.74, 6) is -1.86. The molecule has 5 heteroatoms. The maximum absolute atomic E-state index is 13.5. The van der Waals surface area contributed by atoms with Crippen molar-refractivity contribution < 1.29 is 14.3 Å². The smallest absolute Gasteiger partial charge is 0.340 e. The number of carboxylic acids is 1. The lowest BCUT2D eigenvalue weighted by Crippen LogP contribution is -2.02. The molecular formula is C9H4FIO2S. The molecule has 2 nitrogen and oxygen atoms in total. The van der Waals surface area contributed by atoms with Crippen molar-refractivity contribution in [3.05, 3.63) is 32.5 Å². The minimum atomic E-state index is -1.21. The number of carbonyl (C=O) groups is 1. The number of rotatable bonds is 1. The number of hydrogen-bond donors (Lipinski definition) is 1. The molecule has 0 radical (unpaired) electrons. The lowest BCUT2D eigenvalue weighted by Gasteiger charge is -2.01. The van der Waals surface area contributed by atoms with E-state index in [1.54, 1.807) is 40.1 Å². The molecule has 0 amide bonds. The molecule has 1 N–H and O–H groups in total. The maximum Gasteiger partial charge on any atom is 0.340 e. The van der Waals surface area contributed by atoms with E-state index in [-0.39, 0.29) is 5.56 Å². The molecule has 0 bridgehead atoms. The van der Waals surface area contributed by atoms with E-state index in [0.29, 0.717) is 8.27 Å². The predicted molar refractivity (Wildman–Crippen MR) is 61.5 cm³/mol. The molecule has 1 aromatic carbocycles. The van der Waals surface area contributed by atoms with Crippen molar-refractivity contribution >= 4 is 50.0 Å². The first-order valence-electron chi connectivity index (χ1n) is 3.69. The minimum Gasteiger partial charge on any atom is -0.478 e. The quantitative estimate of drug-likeness (QED) is 0.818. The highest BCUT2D eigenvalue weighted by Crippen LogP contribution is 2.30. The number of carboxylic acid groups (broad SMARTS) is 1. The molecule has 0 fully saturated rings. The number of thiophene rings is 1. The number of fused-ring (bicyclic) bond motifs is 1. The minimum absolute atomic E-state index is 0.220. The number of aromatic carboxylic acids is 1. The Morgan fingerprint density at radius 2 is 2.29 bits per heavy atom. The molecule has 0 spiro atoms. The zero-order valence-electron chi connectivity index (χ0n) is 6.75. The van der Waals surface area contributed by atoms with Crippen LogP contribution in [0, 0.1) is 9.39 Å². The van der Waals surface area contributed by atoms with Gasteiger partial charge in [0.15, 0.2) is 5.82 Å². The van der Waals surface area contributed by atoms with Gasteiger partial charge in [-0.1, -0.05) is 0 Å². The van der Waals surface area contributed by atoms with E-state index in [9.17, 15) is 9.18 Å². The second-order valence-corrected chi connectivity index (χ2v) is 4.77. The molecule has 0 saturated carbocycles. The fourth-order valence-corrected chi connectivity index (χ4v) is 2.76. The van der Waals surface area contributed by atoms with E-state index < -0.39 is 11.8 Å². The summed E-state index contributed by atoms with van der Waals surface area (Å²) in [6.07, 6.45) is 0. The van der Waals surface area contributed by atoms with Crippen LogP contribution >= 0.6 is 33.9 Å². The number of benzene rings is 1. The van der Waals surface area contributed by atoms with Crippen LogP contribution in [0.5, 0.6) is 0 Å². The third-order valence-electron chi connectivity index (χ3n) is 1.85. The van der Waals surface area contributed by atoms with Gasteiger partial charge in [0.2, 0.25) is 0 Å². The third-order valence-corrected chi connectivity index (χ3v) is 3.58. The first-order chi connectivity index (χ1) is 6.61. The average Bonchev–Trinajstić information content (AvgIpc) is 2.52. The topological polar surface area (TPSA) is 37.3 Å². The predicted octanol–water partition coefficient (Wildman–Crippen LogP) is 3.34. The first kappa shape index (κ1) is 9.85. The van der Waals surface area contributed by atoms with Gasteiger partial charge in [0.05, 0.1) is 8.27 Å². The lowest BCUT2D eigenvalue weighted by molar-refractivity contribution is 0.0694. The third kappa shape index (κ3) is 1.40. The zero-order valence-corrected chi connectivity index (χ0v) is 9.73. The largest absolute Gasteiger partial charge is 0.478 e. The van der Waals surface area contributed by atoms with Gasteiger partial charge in [0, 0.05) is 0 Å². The van der Waals surface area contributed by atoms with Gasteiger partial charge in [-0.15, -0.1) is 11.3 Å². The standard InChI is InChI=1S/C9H4FIO2S/c10-7-5(11)3-4-1-2-14-8(4)6(7)9(12)13/h1-3H,(H,12,13). The van der Waals surface area contributed by atoms with E-state index in [4.69, 9.17) is 5.11 Å². The second kappa shape index (κ2) is 3.47. The van der Waals surface area contributed by atoms with Crippen molar-refractivity contribution in [3.8, 4) is 0 Å². The lowest BCUT2D eigenvalue weighted by atomic mass is 10.1. The Bertz CT molecular complexity index is 521. The highest BCUT2D eigenvalue weighted by Gasteiger charge is 2.18. The molecular weight excluding hydrogens is 318 g/mol. The molecule has 0 atom stereocenters. The van der Waals surface area contributed by atoms with Crippen LogP contribution < -0.4 is 0 Å². The molecule has 2 aromatic rings. The van der Waals surface area contributed by atoms with E-state index >= 15 is 0 Å². The van der Waals surface area contributed by atoms with Gasteiger partial charge in [0.25, 0.3) is 0 Å². The summed E-state index contributed by atoms with van der Waals surface area (Å²) in [5.41, 5.74) is -0.220. The highest BCUT2D eigenvalue weighted by molar-refractivity contribution is 14.1. The molecule has 2 rings (SSSR count). The Morgan fingerprint density at radius 1 is 1.57 bits per heavy atom. The van der Waals surface area contributed by atoms with E-state index in [2.05, 4.69) is 0 Å². The molecule has 0 unspecified atom stereocenters. The van der Waals surface area contributed by atoms with Gasteiger partial charge in [-0.2, -0.15) is 0 Å².